The second-order valence-corrected chi connectivity index (χ2v) is 6.33. The lowest BCUT2D eigenvalue weighted by atomic mass is 9.93. The molecule has 2 amide bonds. The number of piperidine rings is 1. The van der Waals surface area contributed by atoms with Gasteiger partial charge in [0, 0.05) is 32.3 Å². The number of halogens is 1. The smallest absolute Gasteiger partial charge is 0.225 e. The summed E-state index contributed by atoms with van der Waals surface area (Å²) in [4.78, 5) is 28.2. The standard InChI is InChI=1S/C18H23N3O2.ClH/c1-13(22)21-10-8-14-5-2-3-7-16(14)17(21)11-18(23)20-9-4-6-15(19)12-20;/h2-3,5,7-8,10,15,17H,4,6,9,11-12,19H2,1H3;1H. The summed E-state index contributed by atoms with van der Waals surface area (Å²) in [6.07, 6.45) is 5.93. The minimum absolute atomic E-state index is 0. The Kier molecular flexibility index (Phi) is 6.02. The number of nitrogens with two attached hydrogens (primary N) is 1. The summed E-state index contributed by atoms with van der Waals surface area (Å²) in [5, 5.41) is 0. The van der Waals surface area contributed by atoms with Gasteiger partial charge in [-0.3, -0.25) is 9.59 Å². The van der Waals surface area contributed by atoms with E-state index < -0.39 is 0 Å². The van der Waals surface area contributed by atoms with Crippen molar-refractivity contribution in [1.29, 1.82) is 0 Å². The minimum Gasteiger partial charge on any atom is -0.341 e. The summed E-state index contributed by atoms with van der Waals surface area (Å²) in [6, 6.07) is 7.75. The molecule has 1 aromatic rings. The fourth-order valence-corrected chi connectivity index (χ4v) is 3.44. The quantitative estimate of drug-likeness (QED) is 0.891. The van der Waals surface area contributed by atoms with Gasteiger partial charge in [-0.1, -0.05) is 24.3 Å². The Morgan fingerprint density at radius 2 is 2.04 bits per heavy atom. The van der Waals surface area contributed by atoms with Crippen molar-refractivity contribution in [3.8, 4) is 0 Å². The first-order chi connectivity index (χ1) is 11.1. The summed E-state index contributed by atoms with van der Waals surface area (Å²) in [6.45, 7) is 2.91. The second kappa shape index (κ2) is 7.81. The van der Waals surface area contributed by atoms with Gasteiger partial charge >= 0.3 is 0 Å². The first kappa shape index (κ1) is 18.5. The van der Waals surface area contributed by atoms with Crippen LogP contribution < -0.4 is 5.73 Å². The molecule has 2 aliphatic rings. The van der Waals surface area contributed by atoms with E-state index in [-0.39, 0.29) is 36.3 Å². The Morgan fingerprint density at radius 3 is 2.75 bits per heavy atom. The molecular weight excluding hydrogens is 326 g/mol. The number of hydrogen-bond acceptors (Lipinski definition) is 3. The van der Waals surface area contributed by atoms with Crippen molar-refractivity contribution in [2.45, 2.75) is 38.3 Å². The van der Waals surface area contributed by atoms with Crippen LogP contribution in [0, 0.1) is 0 Å². The maximum absolute atomic E-state index is 12.7. The van der Waals surface area contributed by atoms with Gasteiger partial charge in [0.05, 0.1) is 12.5 Å². The van der Waals surface area contributed by atoms with Crippen molar-refractivity contribution in [3.63, 3.8) is 0 Å². The average molecular weight is 350 g/mol. The molecule has 24 heavy (non-hydrogen) atoms. The van der Waals surface area contributed by atoms with Gasteiger partial charge in [0.15, 0.2) is 0 Å². The summed E-state index contributed by atoms with van der Waals surface area (Å²) < 4.78 is 0. The van der Waals surface area contributed by atoms with E-state index in [9.17, 15) is 9.59 Å². The zero-order chi connectivity index (χ0) is 16.4. The van der Waals surface area contributed by atoms with Crippen molar-refractivity contribution in [2.75, 3.05) is 13.1 Å². The number of amides is 2. The van der Waals surface area contributed by atoms with Crippen LogP contribution in [-0.4, -0.2) is 40.7 Å². The maximum Gasteiger partial charge on any atom is 0.225 e. The SMILES string of the molecule is CC(=O)N1C=Cc2ccccc2C1CC(=O)N1CCCC(N)C1.Cl. The molecular formula is C18H24ClN3O2. The lowest BCUT2D eigenvalue weighted by molar-refractivity contribution is -0.135. The van der Waals surface area contributed by atoms with Gasteiger partial charge in [-0.25, -0.2) is 0 Å². The van der Waals surface area contributed by atoms with Crippen molar-refractivity contribution in [3.05, 3.63) is 41.6 Å². The Balaban J connectivity index is 0.00000208. The van der Waals surface area contributed by atoms with E-state index in [0.29, 0.717) is 13.0 Å². The van der Waals surface area contributed by atoms with Gasteiger partial charge in [-0.15, -0.1) is 12.4 Å². The fraction of sp³-hybridized carbons (Fsp3) is 0.444. The molecule has 5 nitrogen and oxygen atoms in total. The number of rotatable bonds is 2. The van der Waals surface area contributed by atoms with Crippen LogP contribution in [0.4, 0.5) is 0 Å². The molecule has 130 valence electrons. The third kappa shape index (κ3) is 3.79. The van der Waals surface area contributed by atoms with Crippen LogP contribution in [0.1, 0.15) is 43.4 Å². The maximum atomic E-state index is 12.7. The van der Waals surface area contributed by atoms with E-state index in [1.54, 1.807) is 11.1 Å². The largest absolute Gasteiger partial charge is 0.341 e. The number of likely N-dealkylation sites (tertiary alicyclic amines) is 1. The molecule has 2 unspecified atom stereocenters. The van der Waals surface area contributed by atoms with Gasteiger partial charge < -0.3 is 15.5 Å². The molecule has 0 bridgehead atoms. The second-order valence-electron chi connectivity index (χ2n) is 6.33. The molecule has 1 fully saturated rings. The Morgan fingerprint density at radius 1 is 1.29 bits per heavy atom. The van der Waals surface area contributed by atoms with E-state index in [1.807, 2.05) is 35.2 Å². The highest BCUT2D eigenvalue weighted by Crippen LogP contribution is 2.33. The Bertz CT molecular complexity index is 647. The highest BCUT2D eigenvalue weighted by Gasteiger charge is 2.30. The first-order valence-electron chi connectivity index (χ1n) is 8.15. The normalized spacial score (nSPS) is 22.6. The zero-order valence-electron chi connectivity index (χ0n) is 13.9. The highest BCUT2D eigenvalue weighted by molar-refractivity contribution is 5.85. The van der Waals surface area contributed by atoms with Crippen molar-refractivity contribution >= 4 is 30.3 Å². The van der Waals surface area contributed by atoms with Crippen LogP contribution in [0.5, 0.6) is 0 Å². The Hall–Kier alpha value is -1.85. The molecule has 3 rings (SSSR count). The number of fused-ring (bicyclic) bond motifs is 1. The minimum atomic E-state index is -0.237. The molecule has 0 radical (unpaired) electrons. The summed E-state index contributed by atoms with van der Waals surface area (Å²) in [5.41, 5.74) is 8.07. The average Bonchev–Trinajstić information content (AvgIpc) is 2.54. The molecule has 2 heterocycles. The lowest BCUT2D eigenvalue weighted by Crippen LogP contribution is -2.46. The van der Waals surface area contributed by atoms with Crippen LogP contribution in [-0.2, 0) is 9.59 Å². The highest BCUT2D eigenvalue weighted by atomic mass is 35.5. The predicted octanol–water partition coefficient (Wildman–Crippen LogP) is 2.32. The van der Waals surface area contributed by atoms with Gasteiger partial charge in [0.2, 0.25) is 11.8 Å². The summed E-state index contributed by atoms with van der Waals surface area (Å²) >= 11 is 0. The zero-order valence-corrected chi connectivity index (χ0v) is 14.7. The first-order valence-corrected chi connectivity index (χ1v) is 8.15. The lowest BCUT2D eigenvalue weighted by Gasteiger charge is -2.36. The molecule has 0 aromatic heterocycles. The molecule has 6 heteroatoms. The van der Waals surface area contributed by atoms with E-state index in [4.69, 9.17) is 5.73 Å². The number of benzene rings is 1. The third-order valence-corrected chi connectivity index (χ3v) is 4.65. The van der Waals surface area contributed by atoms with Crippen LogP contribution in [0.25, 0.3) is 6.08 Å². The topological polar surface area (TPSA) is 66.6 Å². The van der Waals surface area contributed by atoms with Gasteiger partial charge in [0.25, 0.3) is 0 Å². The number of carbonyl (C=O) groups excluding carboxylic acids is 2. The monoisotopic (exact) mass is 349 g/mol. The van der Waals surface area contributed by atoms with Crippen molar-refractivity contribution in [1.82, 2.24) is 9.80 Å². The molecule has 0 spiro atoms. The molecule has 0 saturated carbocycles. The summed E-state index contributed by atoms with van der Waals surface area (Å²) in [7, 11) is 0. The van der Waals surface area contributed by atoms with Gasteiger partial charge in [-0.05, 0) is 30.0 Å². The molecule has 1 saturated heterocycles. The van der Waals surface area contributed by atoms with Gasteiger partial charge in [-0.2, -0.15) is 0 Å². The van der Waals surface area contributed by atoms with E-state index in [2.05, 4.69) is 0 Å². The van der Waals surface area contributed by atoms with Gasteiger partial charge in [0.1, 0.15) is 0 Å². The number of carbonyl (C=O) groups is 2. The van der Waals surface area contributed by atoms with Crippen LogP contribution in [0.3, 0.4) is 0 Å². The van der Waals surface area contributed by atoms with Crippen LogP contribution >= 0.6 is 12.4 Å². The third-order valence-electron chi connectivity index (χ3n) is 4.65. The Labute approximate surface area is 148 Å². The summed E-state index contributed by atoms with van der Waals surface area (Å²) in [5.74, 6) is 0.0189. The van der Waals surface area contributed by atoms with Crippen LogP contribution in [0.2, 0.25) is 0 Å². The van der Waals surface area contributed by atoms with E-state index in [0.717, 1.165) is 30.5 Å². The van der Waals surface area contributed by atoms with Crippen molar-refractivity contribution < 1.29 is 9.59 Å². The number of hydrogen-bond donors (Lipinski definition) is 1. The molecule has 2 aliphatic heterocycles. The molecule has 2 N–H and O–H groups in total. The van der Waals surface area contributed by atoms with E-state index >= 15 is 0 Å². The fourth-order valence-electron chi connectivity index (χ4n) is 3.44. The van der Waals surface area contributed by atoms with Crippen LogP contribution in [0.15, 0.2) is 30.5 Å². The van der Waals surface area contributed by atoms with Crippen molar-refractivity contribution in [2.24, 2.45) is 5.73 Å². The number of nitrogens with zero attached hydrogens (tertiary/aromatic N) is 2. The molecule has 0 aliphatic carbocycles. The van der Waals surface area contributed by atoms with E-state index in [1.165, 1.54) is 6.92 Å². The predicted molar refractivity (Wildman–Crippen MR) is 96.4 cm³/mol. The molecule has 2 atom stereocenters. The molecule has 1 aromatic carbocycles.